The molecule has 0 aliphatic carbocycles. The van der Waals surface area contributed by atoms with Crippen LogP contribution >= 0.6 is 0 Å². The number of hydrogen-bond donors (Lipinski definition) is 0. The molecule has 136 valence electrons. The summed E-state index contributed by atoms with van der Waals surface area (Å²) in [7, 11) is -0.319. The largest absolute Gasteiger partial charge is 0.469 e. The molecule has 24 heavy (non-hydrogen) atoms. The van der Waals surface area contributed by atoms with E-state index in [-0.39, 0.29) is 16.9 Å². The first-order valence-corrected chi connectivity index (χ1v) is 11.2. The molecule has 0 saturated heterocycles. The number of esters is 1. The average molecular weight is 354 g/mol. The van der Waals surface area contributed by atoms with Gasteiger partial charge >= 0.3 is 5.97 Å². The van der Waals surface area contributed by atoms with Gasteiger partial charge in [0, 0.05) is 6.20 Å². The lowest BCUT2D eigenvalue weighted by Crippen LogP contribution is -2.41. The number of carbonyl (C=O) groups excluding carboxylic acids is 1. The first-order valence-electron chi connectivity index (χ1n) is 8.33. The summed E-state index contributed by atoms with van der Waals surface area (Å²) in [4.78, 5) is 15.8. The number of ether oxygens (including phenoxy) is 2. The Bertz CT molecular complexity index is 523. The number of nitrogens with zero attached hydrogens (tertiary/aromatic N) is 1. The van der Waals surface area contributed by atoms with Gasteiger partial charge in [0.1, 0.15) is 0 Å². The van der Waals surface area contributed by atoms with Gasteiger partial charge in [-0.25, -0.2) is 0 Å². The fourth-order valence-corrected chi connectivity index (χ4v) is 2.87. The zero-order chi connectivity index (χ0) is 18.4. The molecule has 1 heterocycles. The van der Waals surface area contributed by atoms with E-state index in [2.05, 4.69) is 38.8 Å². The van der Waals surface area contributed by atoms with Crippen LogP contribution in [0.25, 0.3) is 0 Å². The lowest BCUT2D eigenvalue weighted by Gasteiger charge is -2.36. The van der Waals surface area contributed by atoms with Gasteiger partial charge in [-0.05, 0) is 36.7 Å². The van der Waals surface area contributed by atoms with Gasteiger partial charge in [0.15, 0.2) is 8.32 Å². The van der Waals surface area contributed by atoms with E-state index in [1.165, 1.54) is 7.11 Å². The van der Waals surface area contributed by atoms with E-state index in [1.807, 2.05) is 12.1 Å². The van der Waals surface area contributed by atoms with Crippen LogP contribution in [0.15, 0.2) is 18.3 Å². The van der Waals surface area contributed by atoms with Crippen LogP contribution in [0.1, 0.15) is 44.9 Å². The standard InChI is InChI=1S/C18H31NO4Si/c1-14(17(20)21-5)15-8-9-16(19-12-15)13-22-10-11-23-24(6,7)18(2,3)4/h8-9,12,14H,10-11,13H2,1-7H3/t14-/m0/s1. The van der Waals surface area contributed by atoms with E-state index >= 15 is 0 Å². The van der Waals surface area contributed by atoms with Gasteiger partial charge in [0.25, 0.3) is 0 Å². The monoisotopic (exact) mass is 353 g/mol. The van der Waals surface area contributed by atoms with Crippen LogP contribution in [-0.2, 0) is 25.3 Å². The summed E-state index contributed by atoms with van der Waals surface area (Å²) in [5.74, 6) is -0.570. The Labute approximate surface area is 146 Å². The third kappa shape index (κ3) is 6.00. The highest BCUT2D eigenvalue weighted by Crippen LogP contribution is 2.36. The van der Waals surface area contributed by atoms with E-state index in [4.69, 9.17) is 13.9 Å². The topological polar surface area (TPSA) is 57.7 Å². The van der Waals surface area contributed by atoms with Crippen LogP contribution in [0.2, 0.25) is 18.1 Å². The minimum Gasteiger partial charge on any atom is -0.469 e. The molecular formula is C18H31NO4Si. The molecule has 1 atom stereocenters. The zero-order valence-electron chi connectivity index (χ0n) is 16.0. The molecule has 0 bridgehead atoms. The van der Waals surface area contributed by atoms with Crippen molar-refractivity contribution in [2.75, 3.05) is 20.3 Å². The highest BCUT2D eigenvalue weighted by atomic mass is 28.4. The van der Waals surface area contributed by atoms with Crippen LogP contribution < -0.4 is 0 Å². The fourth-order valence-electron chi connectivity index (χ4n) is 1.84. The van der Waals surface area contributed by atoms with Gasteiger partial charge in [-0.15, -0.1) is 0 Å². The lowest BCUT2D eigenvalue weighted by atomic mass is 10.0. The second-order valence-electron chi connectivity index (χ2n) is 7.49. The molecule has 0 amide bonds. The number of methoxy groups -OCH3 is 1. The number of hydrogen-bond acceptors (Lipinski definition) is 5. The quantitative estimate of drug-likeness (QED) is 0.403. The maximum Gasteiger partial charge on any atom is 0.312 e. The summed E-state index contributed by atoms with van der Waals surface area (Å²) in [5, 5.41) is 0.209. The minimum absolute atomic E-state index is 0.209. The summed E-state index contributed by atoms with van der Waals surface area (Å²) < 4.78 is 16.4. The second-order valence-corrected chi connectivity index (χ2v) is 12.3. The van der Waals surface area contributed by atoms with Crippen molar-refractivity contribution >= 4 is 14.3 Å². The van der Waals surface area contributed by atoms with Crippen molar-refractivity contribution in [2.45, 2.75) is 58.4 Å². The molecule has 0 radical (unpaired) electrons. The van der Waals surface area contributed by atoms with E-state index in [0.29, 0.717) is 19.8 Å². The first-order chi connectivity index (χ1) is 11.1. The second kappa shape index (κ2) is 8.74. The molecule has 0 saturated carbocycles. The maximum atomic E-state index is 11.5. The van der Waals surface area contributed by atoms with E-state index in [0.717, 1.165) is 11.3 Å². The van der Waals surface area contributed by atoms with Crippen molar-refractivity contribution in [2.24, 2.45) is 0 Å². The molecule has 0 N–H and O–H groups in total. The van der Waals surface area contributed by atoms with Gasteiger partial charge in [-0.1, -0.05) is 26.8 Å². The van der Waals surface area contributed by atoms with Crippen molar-refractivity contribution in [3.63, 3.8) is 0 Å². The Balaban J connectivity index is 2.38. The normalized spacial score (nSPS) is 13.6. The molecule has 0 aliphatic heterocycles. The molecule has 0 aliphatic rings. The van der Waals surface area contributed by atoms with Gasteiger partial charge < -0.3 is 13.9 Å². The third-order valence-corrected chi connectivity index (χ3v) is 9.19. The Hall–Kier alpha value is -1.24. The van der Waals surface area contributed by atoms with Crippen molar-refractivity contribution in [3.05, 3.63) is 29.6 Å². The number of pyridine rings is 1. The summed E-state index contributed by atoms with van der Waals surface area (Å²) >= 11 is 0. The predicted molar refractivity (Wildman–Crippen MR) is 97.5 cm³/mol. The van der Waals surface area contributed by atoms with Crippen LogP contribution in [0.3, 0.4) is 0 Å². The molecule has 5 nitrogen and oxygen atoms in total. The number of rotatable bonds is 8. The highest BCUT2D eigenvalue weighted by Gasteiger charge is 2.36. The van der Waals surface area contributed by atoms with Crippen molar-refractivity contribution in [1.82, 2.24) is 4.98 Å². The van der Waals surface area contributed by atoms with Gasteiger partial charge in [0.2, 0.25) is 0 Å². The molecule has 0 spiro atoms. The smallest absolute Gasteiger partial charge is 0.312 e. The zero-order valence-corrected chi connectivity index (χ0v) is 17.0. The maximum absolute atomic E-state index is 11.5. The van der Waals surface area contributed by atoms with Crippen molar-refractivity contribution in [1.29, 1.82) is 0 Å². The molecule has 1 rings (SSSR count). The van der Waals surface area contributed by atoms with E-state index in [9.17, 15) is 4.79 Å². The summed E-state index contributed by atoms with van der Waals surface area (Å²) in [6.07, 6.45) is 1.70. The molecule has 6 heteroatoms. The van der Waals surface area contributed by atoms with Crippen LogP contribution in [0.4, 0.5) is 0 Å². The predicted octanol–water partition coefficient (Wildman–Crippen LogP) is 3.90. The highest BCUT2D eigenvalue weighted by molar-refractivity contribution is 6.74. The number of carbonyl (C=O) groups is 1. The SMILES string of the molecule is COC(=O)[C@@H](C)c1ccc(COCCO[Si](C)(C)C(C)(C)C)nc1. The minimum atomic E-state index is -1.71. The van der Waals surface area contributed by atoms with Gasteiger partial charge in [-0.2, -0.15) is 0 Å². The van der Waals surface area contributed by atoms with Crippen molar-refractivity contribution in [3.8, 4) is 0 Å². The lowest BCUT2D eigenvalue weighted by molar-refractivity contribution is -0.142. The van der Waals surface area contributed by atoms with Crippen LogP contribution in [0.5, 0.6) is 0 Å². The number of aromatic nitrogens is 1. The molecular weight excluding hydrogens is 322 g/mol. The Morgan fingerprint density at radius 1 is 1.25 bits per heavy atom. The molecule has 0 aromatic carbocycles. The van der Waals surface area contributed by atoms with Crippen LogP contribution in [0, 0.1) is 0 Å². The third-order valence-electron chi connectivity index (χ3n) is 4.65. The van der Waals surface area contributed by atoms with E-state index in [1.54, 1.807) is 13.1 Å². The summed E-state index contributed by atoms with van der Waals surface area (Å²) in [6.45, 7) is 14.5. The average Bonchev–Trinajstić information content (AvgIpc) is 2.52. The molecule has 1 aromatic rings. The molecule has 1 aromatic heterocycles. The first kappa shape index (κ1) is 20.8. The van der Waals surface area contributed by atoms with Crippen LogP contribution in [-0.4, -0.2) is 39.6 Å². The molecule has 0 unspecified atom stereocenters. The Morgan fingerprint density at radius 3 is 2.42 bits per heavy atom. The molecule has 0 fully saturated rings. The summed E-state index contributed by atoms with van der Waals surface area (Å²) in [5.41, 5.74) is 1.68. The van der Waals surface area contributed by atoms with Gasteiger partial charge in [0.05, 0.1) is 38.5 Å². The Kier molecular flexibility index (Phi) is 7.57. The van der Waals surface area contributed by atoms with Crippen molar-refractivity contribution < 1.29 is 18.7 Å². The summed E-state index contributed by atoms with van der Waals surface area (Å²) in [6, 6.07) is 3.77. The van der Waals surface area contributed by atoms with Gasteiger partial charge in [-0.3, -0.25) is 9.78 Å². The fraction of sp³-hybridized carbons (Fsp3) is 0.667. The Morgan fingerprint density at radius 2 is 1.92 bits per heavy atom. The van der Waals surface area contributed by atoms with E-state index < -0.39 is 8.32 Å².